The van der Waals surface area contributed by atoms with Crippen molar-refractivity contribution in [2.24, 2.45) is 0 Å². The molecule has 0 saturated carbocycles. The molecule has 2 aliphatic heterocycles. The predicted molar refractivity (Wildman–Crippen MR) is 132 cm³/mol. The summed E-state index contributed by atoms with van der Waals surface area (Å²) in [5.41, 5.74) is 2.37. The number of carbonyl (C=O) groups is 1. The quantitative estimate of drug-likeness (QED) is 0.687. The molecule has 0 spiro atoms. The van der Waals surface area contributed by atoms with Crippen LogP contribution in [0.4, 0.5) is 11.6 Å². The van der Waals surface area contributed by atoms with Crippen molar-refractivity contribution in [3.63, 3.8) is 0 Å². The lowest BCUT2D eigenvalue weighted by Crippen LogP contribution is -2.38. The second kappa shape index (κ2) is 9.41. The van der Waals surface area contributed by atoms with Crippen LogP contribution in [0.5, 0.6) is 0 Å². The molecule has 0 unspecified atom stereocenters. The van der Waals surface area contributed by atoms with E-state index >= 15 is 0 Å². The van der Waals surface area contributed by atoms with Crippen molar-refractivity contribution in [3.05, 3.63) is 29.6 Å². The molecule has 0 radical (unpaired) electrons. The van der Waals surface area contributed by atoms with Gasteiger partial charge in [-0.25, -0.2) is 15.0 Å². The van der Waals surface area contributed by atoms with Crippen molar-refractivity contribution in [3.8, 4) is 0 Å². The number of aromatic nitrogens is 4. The molecule has 0 aliphatic carbocycles. The molecule has 0 bridgehead atoms. The Kier molecular flexibility index (Phi) is 6.75. The van der Waals surface area contributed by atoms with Gasteiger partial charge in [0, 0.05) is 55.8 Å². The number of nitrogens with zero attached hydrogens (tertiary/aromatic N) is 5. The molecule has 2 N–H and O–H groups in total. The lowest BCUT2D eigenvalue weighted by Gasteiger charge is -2.35. The van der Waals surface area contributed by atoms with E-state index in [1.54, 1.807) is 6.33 Å². The standard InChI is InChI=1S/C25H39N7O/c1-16(2)19-14-32(12-9-28-25(4,5)6)23(29-19)18-7-10-31(11-8-18)24-21-17(3)13-20(33)30-22(21)26-15-27-24/h14-18,28H,7-13H2,1-6H3,(H,26,27,30,33)/t17-/m1/s1. The predicted octanol–water partition coefficient (Wildman–Crippen LogP) is 4.01. The monoisotopic (exact) mass is 453 g/mol. The van der Waals surface area contributed by atoms with Gasteiger partial charge in [0.1, 0.15) is 23.8 Å². The van der Waals surface area contributed by atoms with Crippen LogP contribution in [0, 0.1) is 0 Å². The van der Waals surface area contributed by atoms with Crippen LogP contribution >= 0.6 is 0 Å². The van der Waals surface area contributed by atoms with E-state index in [1.807, 2.05) is 0 Å². The van der Waals surface area contributed by atoms with Crippen LogP contribution < -0.4 is 15.5 Å². The topological polar surface area (TPSA) is 88.0 Å². The lowest BCUT2D eigenvalue weighted by atomic mass is 9.92. The molecule has 0 aromatic carbocycles. The van der Waals surface area contributed by atoms with Gasteiger partial charge < -0.3 is 20.1 Å². The van der Waals surface area contributed by atoms with Gasteiger partial charge in [-0.05, 0) is 45.4 Å². The van der Waals surface area contributed by atoms with Crippen molar-refractivity contribution in [2.45, 2.75) is 90.6 Å². The first-order chi connectivity index (χ1) is 15.6. The Bertz CT molecular complexity index is 983. The number of carbonyl (C=O) groups excluding carboxylic acids is 1. The Balaban J connectivity index is 1.48. The van der Waals surface area contributed by atoms with E-state index in [-0.39, 0.29) is 17.4 Å². The maximum Gasteiger partial charge on any atom is 0.226 e. The molecule has 1 saturated heterocycles. The van der Waals surface area contributed by atoms with Gasteiger partial charge >= 0.3 is 0 Å². The van der Waals surface area contributed by atoms with Gasteiger partial charge in [-0.1, -0.05) is 20.8 Å². The van der Waals surface area contributed by atoms with Crippen molar-refractivity contribution in [1.82, 2.24) is 24.8 Å². The summed E-state index contributed by atoms with van der Waals surface area (Å²) >= 11 is 0. The van der Waals surface area contributed by atoms with E-state index < -0.39 is 0 Å². The first-order valence-corrected chi connectivity index (χ1v) is 12.3. The van der Waals surface area contributed by atoms with Gasteiger partial charge in [-0.3, -0.25) is 4.79 Å². The summed E-state index contributed by atoms with van der Waals surface area (Å²) in [6.07, 6.45) is 6.40. The highest BCUT2D eigenvalue weighted by Crippen LogP contribution is 2.38. The molecular formula is C25H39N7O. The first kappa shape index (κ1) is 23.7. The van der Waals surface area contributed by atoms with Gasteiger partial charge in [0.05, 0.1) is 5.69 Å². The summed E-state index contributed by atoms with van der Waals surface area (Å²) in [5.74, 6) is 3.90. The first-order valence-electron chi connectivity index (χ1n) is 12.3. The smallest absolute Gasteiger partial charge is 0.226 e. The molecule has 2 aliphatic rings. The average molecular weight is 454 g/mol. The Labute approximate surface area is 197 Å². The molecule has 8 nitrogen and oxygen atoms in total. The van der Waals surface area contributed by atoms with Crippen LogP contribution in [-0.2, 0) is 11.3 Å². The Hall–Kier alpha value is -2.48. The van der Waals surface area contributed by atoms with Crippen LogP contribution in [0.25, 0.3) is 0 Å². The zero-order valence-electron chi connectivity index (χ0n) is 21.0. The number of fused-ring (bicyclic) bond motifs is 1. The molecule has 1 amide bonds. The zero-order valence-corrected chi connectivity index (χ0v) is 21.0. The fourth-order valence-corrected chi connectivity index (χ4v) is 4.89. The highest BCUT2D eigenvalue weighted by Gasteiger charge is 2.31. The summed E-state index contributed by atoms with van der Waals surface area (Å²) in [6, 6.07) is 0. The van der Waals surface area contributed by atoms with Crippen molar-refractivity contribution in [1.29, 1.82) is 0 Å². The van der Waals surface area contributed by atoms with Gasteiger partial charge in [0.2, 0.25) is 5.91 Å². The third kappa shape index (κ3) is 5.37. The Morgan fingerprint density at radius 2 is 1.94 bits per heavy atom. The molecular weight excluding hydrogens is 414 g/mol. The number of rotatable bonds is 6. The van der Waals surface area contributed by atoms with E-state index in [0.717, 1.165) is 50.4 Å². The third-order valence-corrected chi connectivity index (χ3v) is 6.69. The summed E-state index contributed by atoms with van der Waals surface area (Å²) in [6.45, 7) is 16.9. The molecule has 8 heteroatoms. The molecule has 2 aromatic rings. The van der Waals surface area contributed by atoms with E-state index in [1.165, 1.54) is 11.5 Å². The number of amides is 1. The molecule has 180 valence electrons. The van der Waals surface area contributed by atoms with Crippen LogP contribution in [0.3, 0.4) is 0 Å². The summed E-state index contributed by atoms with van der Waals surface area (Å²) in [7, 11) is 0. The van der Waals surface area contributed by atoms with Gasteiger partial charge in [-0.15, -0.1) is 0 Å². The largest absolute Gasteiger partial charge is 0.356 e. The molecule has 1 atom stereocenters. The molecule has 4 heterocycles. The van der Waals surface area contributed by atoms with E-state index in [0.29, 0.717) is 24.1 Å². The number of nitrogens with one attached hydrogen (secondary N) is 2. The second-order valence-electron chi connectivity index (χ2n) is 10.9. The second-order valence-corrected chi connectivity index (χ2v) is 10.9. The van der Waals surface area contributed by atoms with Crippen LogP contribution in [0.15, 0.2) is 12.5 Å². The van der Waals surface area contributed by atoms with E-state index in [9.17, 15) is 4.79 Å². The van der Waals surface area contributed by atoms with Crippen LogP contribution in [0.1, 0.15) is 95.6 Å². The normalized spacial score (nSPS) is 19.7. The summed E-state index contributed by atoms with van der Waals surface area (Å²) < 4.78 is 2.37. The fourth-order valence-electron chi connectivity index (χ4n) is 4.89. The van der Waals surface area contributed by atoms with Crippen LogP contribution in [0.2, 0.25) is 0 Å². The average Bonchev–Trinajstić information content (AvgIpc) is 3.17. The fraction of sp³-hybridized carbons (Fsp3) is 0.680. The summed E-state index contributed by atoms with van der Waals surface area (Å²) in [5, 5.41) is 6.52. The van der Waals surface area contributed by atoms with E-state index in [2.05, 4.69) is 77.8 Å². The maximum absolute atomic E-state index is 11.9. The van der Waals surface area contributed by atoms with E-state index in [4.69, 9.17) is 4.98 Å². The van der Waals surface area contributed by atoms with Gasteiger partial charge in [0.15, 0.2) is 0 Å². The highest BCUT2D eigenvalue weighted by molar-refractivity contribution is 5.94. The number of piperidine rings is 1. The minimum Gasteiger partial charge on any atom is -0.356 e. The number of imidazole rings is 1. The minimum absolute atomic E-state index is 0.0344. The lowest BCUT2D eigenvalue weighted by molar-refractivity contribution is -0.116. The Morgan fingerprint density at radius 3 is 2.61 bits per heavy atom. The molecule has 1 fully saturated rings. The summed E-state index contributed by atoms with van der Waals surface area (Å²) in [4.78, 5) is 28.3. The zero-order chi connectivity index (χ0) is 23.8. The molecule has 2 aromatic heterocycles. The highest BCUT2D eigenvalue weighted by atomic mass is 16.1. The molecule has 4 rings (SSSR count). The molecule has 33 heavy (non-hydrogen) atoms. The SMILES string of the molecule is CC(C)c1cn(CCNC(C)(C)C)c(C2CCN(c3ncnc4c3[C@H](C)CC(=O)N4)CC2)n1. The number of hydrogen-bond donors (Lipinski definition) is 2. The number of anilines is 2. The van der Waals surface area contributed by atoms with Crippen molar-refractivity contribution < 1.29 is 4.79 Å². The number of hydrogen-bond acceptors (Lipinski definition) is 6. The van der Waals surface area contributed by atoms with Crippen LogP contribution in [-0.4, -0.2) is 50.6 Å². The minimum atomic E-state index is 0.0344. The van der Waals surface area contributed by atoms with Crippen molar-refractivity contribution >= 4 is 17.5 Å². The Morgan fingerprint density at radius 1 is 1.21 bits per heavy atom. The van der Waals surface area contributed by atoms with Gasteiger partial charge in [-0.2, -0.15) is 0 Å². The maximum atomic E-state index is 11.9. The third-order valence-electron chi connectivity index (χ3n) is 6.69. The van der Waals surface area contributed by atoms with Crippen molar-refractivity contribution in [2.75, 3.05) is 29.9 Å². The van der Waals surface area contributed by atoms with Gasteiger partial charge in [0.25, 0.3) is 0 Å².